The maximum Gasteiger partial charge on any atom is 0.416 e. The van der Waals surface area contributed by atoms with Crippen LogP contribution in [0.1, 0.15) is 11.1 Å². The van der Waals surface area contributed by atoms with Gasteiger partial charge in [0.1, 0.15) is 17.1 Å². The molecule has 2 aliphatic heterocycles. The number of carbonyl (C=O) groups excluding carboxylic acids is 2. The molecule has 4 N–H and O–H groups in total. The van der Waals surface area contributed by atoms with Crippen molar-refractivity contribution in [1.29, 1.82) is 0 Å². The first kappa shape index (κ1) is 27.3. The van der Waals surface area contributed by atoms with Crippen LogP contribution in [0.5, 0.6) is 0 Å². The molecule has 1 aromatic heterocycles. The molecule has 3 heterocycles. The van der Waals surface area contributed by atoms with Crippen LogP contribution in [0.3, 0.4) is 0 Å². The molecular weight excluding hydrogens is 553 g/mol. The monoisotopic (exact) mass is 573 g/mol. The highest BCUT2D eigenvalue weighted by atomic mass is 35.5. The summed E-state index contributed by atoms with van der Waals surface area (Å²) in [7, 11) is 0. The third-order valence-corrected chi connectivity index (χ3v) is 8.55. The molecule has 0 radical (unpaired) electrons. The highest BCUT2D eigenvalue weighted by molar-refractivity contribution is 8.00. The number of β-lactam (4-membered cyclic amide) rings is 1. The normalized spacial score (nSPS) is 19.4. The van der Waals surface area contributed by atoms with Crippen molar-refractivity contribution in [3.63, 3.8) is 0 Å². The first-order chi connectivity index (χ1) is 17.5. The number of hydrogen-bond acceptors (Lipinski definition) is 6. The van der Waals surface area contributed by atoms with E-state index in [2.05, 4.69) is 5.32 Å². The first-order valence-corrected chi connectivity index (χ1v) is 13.3. The number of hydrogen-bond donors (Lipinski definition) is 3. The molecule has 0 saturated carbocycles. The quantitative estimate of drug-likeness (QED) is 0.252. The molecule has 2 amide bonds. The van der Waals surface area contributed by atoms with Crippen LogP contribution in [-0.4, -0.2) is 50.7 Å². The number of nitrogens with one attached hydrogen (secondary N) is 1. The average Bonchev–Trinajstić information content (AvgIpc) is 2.85. The maximum atomic E-state index is 13.0. The van der Waals surface area contributed by atoms with E-state index in [-0.39, 0.29) is 27.9 Å². The van der Waals surface area contributed by atoms with Gasteiger partial charge in [-0.05, 0) is 24.3 Å². The van der Waals surface area contributed by atoms with Gasteiger partial charge in [-0.2, -0.15) is 13.2 Å². The Morgan fingerprint density at radius 2 is 2.08 bits per heavy atom. The fourth-order valence-electron chi connectivity index (χ4n) is 3.97. The van der Waals surface area contributed by atoms with E-state index in [4.69, 9.17) is 17.3 Å². The fourth-order valence-corrected chi connectivity index (χ4v) is 6.37. The summed E-state index contributed by atoms with van der Waals surface area (Å²) in [6.45, 7) is 0.580. The number of alkyl halides is 3. The van der Waals surface area contributed by atoms with Crippen molar-refractivity contribution in [2.24, 2.45) is 5.73 Å². The molecule has 2 atom stereocenters. The van der Waals surface area contributed by atoms with Gasteiger partial charge in [0.2, 0.25) is 5.91 Å². The molecule has 2 aromatic rings. The highest BCUT2D eigenvalue weighted by Gasteiger charge is 2.54. The van der Waals surface area contributed by atoms with Gasteiger partial charge in [-0.15, -0.1) is 23.5 Å². The largest absolute Gasteiger partial charge is 0.477 e. The topological polar surface area (TPSA) is 117 Å². The summed E-state index contributed by atoms with van der Waals surface area (Å²) in [6, 6.07) is 5.52. The molecule has 8 nitrogen and oxygen atoms in total. The summed E-state index contributed by atoms with van der Waals surface area (Å²) in [5.74, 6) is -2.34. The van der Waals surface area contributed by atoms with Gasteiger partial charge in [0.15, 0.2) is 18.9 Å². The Hall–Kier alpha value is -2.74. The zero-order valence-corrected chi connectivity index (χ0v) is 21.4. The van der Waals surface area contributed by atoms with Crippen LogP contribution in [0.15, 0.2) is 58.9 Å². The van der Waals surface area contributed by atoms with Gasteiger partial charge in [-0.1, -0.05) is 11.6 Å². The summed E-state index contributed by atoms with van der Waals surface area (Å²) < 4.78 is 40.7. The van der Waals surface area contributed by atoms with Gasteiger partial charge >= 0.3 is 12.1 Å². The number of nitrogens with two attached hydrogens (primary N) is 1. The van der Waals surface area contributed by atoms with E-state index in [9.17, 15) is 32.7 Å². The van der Waals surface area contributed by atoms with Crippen LogP contribution in [0, 0.1) is 0 Å². The average molecular weight is 574 g/mol. The number of aliphatic carboxylic acids is 1. The van der Waals surface area contributed by atoms with Gasteiger partial charge in [-0.3, -0.25) is 14.5 Å². The Bertz CT molecular complexity index is 1290. The number of rotatable bonds is 8. The molecule has 0 aliphatic carbocycles. The summed E-state index contributed by atoms with van der Waals surface area (Å²) in [4.78, 5) is 38.7. The third-order valence-electron chi connectivity index (χ3n) is 5.71. The van der Waals surface area contributed by atoms with Crippen LogP contribution in [0.25, 0.3) is 0 Å². The predicted molar refractivity (Wildman–Crippen MR) is 131 cm³/mol. The number of aromatic nitrogens is 1. The number of benzene rings is 1. The smallest absolute Gasteiger partial charge is 0.416 e. The zero-order valence-electron chi connectivity index (χ0n) is 19.0. The van der Waals surface area contributed by atoms with E-state index in [1.807, 2.05) is 6.07 Å². The Morgan fingerprint density at radius 3 is 2.76 bits per heavy atom. The summed E-state index contributed by atoms with van der Waals surface area (Å²) >= 11 is 8.11. The minimum absolute atomic E-state index is 0.0677. The molecule has 2 aliphatic rings. The Morgan fingerprint density at radius 1 is 1.32 bits per heavy atom. The minimum Gasteiger partial charge on any atom is -0.477 e. The number of carboxylic acid groups (broad SMARTS) is 1. The van der Waals surface area contributed by atoms with Gasteiger partial charge in [-0.25, -0.2) is 9.36 Å². The lowest BCUT2D eigenvalue weighted by Crippen LogP contribution is -2.71. The van der Waals surface area contributed by atoms with E-state index in [0.717, 1.165) is 35.5 Å². The SMILES string of the molecule is NCc1ccc[n+](CC2=C(C(=O)O)N3C(=O)[C@H](NC(=O)CSc4cc(C(F)(F)F)ccc4Cl)[C@H]3SC2)c1. The molecule has 196 valence electrons. The van der Waals surface area contributed by atoms with Crippen molar-refractivity contribution in [1.82, 2.24) is 10.2 Å². The number of fused-ring (bicyclic) bond motifs is 1. The van der Waals surface area contributed by atoms with Gasteiger partial charge in [0.05, 0.1) is 16.3 Å². The molecule has 37 heavy (non-hydrogen) atoms. The molecule has 1 aromatic carbocycles. The molecule has 1 fully saturated rings. The molecule has 0 unspecified atom stereocenters. The number of carbonyl (C=O) groups is 3. The predicted octanol–water partition coefficient (Wildman–Crippen LogP) is 2.64. The Labute approximate surface area is 223 Å². The summed E-state index contributed by atoms with van der Waals surface area (Å²) in [5.41, 5.74) is 6.08. The second-order valence-electron chi connectivity index (χ2n) is 8.23. The molecule has 0 spiro atoms. The zero-order chi connectivity index (χ0) is 26.9. The summed E-state index contributed by atoms with van der Waals surface area (Å²) in [6.07, 6.45) is -0.974. The number of thioether (sulfide) groups is 2. The van der Waals surface area contributed by atoms with Crippen molar-refractivity contribution in [3.8, 4) is 0 Å². The fraction of sp³-hybridized carbons (Fsp3) is 0.304. The van der Waals surface area contributed by atoms with E-state index >= 15 is 0 Å². The van der Waals surface area contributed by atoms with E-state index < -0.39 is 40.9 Å². The van der Waals surface area contributed by atoms with Crippen LogP contribution in [0.2, 0.25) is 5.02 Å². The van der Waals surface area contributed by atoms with Gasteiger partial charge in [0.25, 0.3) is 5.91 Å². The number of pyridine rings is 1. The molecule has 0 bridgehead atoms. The third kappa shape index (κ3) is 5.89. The second kappa shape index (κ2) is 10.9. The van der Waals surface area contributed by atoms with Gasteiger partial charge < -0.3 is 16.2 Å². The Kier molecular flexibility index (Phi) is 8.07. The van der Waals surface area contributed by atoms with Crippen LogP contribution in [0.4, 0.5) is 13.2 Å². The maximum absolute atomic E-state index is 13.0. The van der Waals surface area contributed by atoms with E-state index in [1.165, 1.54) is 16.7 Å². The second-order valence-corrected chi connectivity index (χ2v) is 10.8. The number of amides is 2. The first-order valence-electron chi connectivity index (χ1n) is 10.9. The lowest BCUT2D eigenvalue weighted by molar-refractivity contribution is -0.689. The minimum atomic E-state index is -4.55. The van der Waals surface area contributed by atoms with Crippen molar-refractivity contribution >= 4 is 52.9 Å². The van der Waals surface area contributed by atoms with Crippen molar-refractivity contribution in [3.05, 3.63) is 70.1 Å². The summed E-state index contributed by atoms with van der Waals surface area (Å²) in [5, 5.41) is 11.9. The lowest BCUT2D eigenvalue weighted by atomic mass is 10.0. The van der Waals surface area contributed by atoms with Crippen molar-refractivity contribution < 1.29 is 37.2 Å². The molecular formula is C23H21ClF3N4O4S2+. The number of carboxylic acids is 1. The van der Waals surface area contributed by atoms with E-state index in [1.54, 1.807) is 23.0 Å². The van der Waals surface area contributed by atoms with Crippen molar-refractivity contribution in [2.45, 2.75) is 35.6 Å². The molecule has 14 heteroatoms. The van der Waals surface area contributed by atoms with Crippen molar-refractivity contribution in [2.75, 3.05) is 11.5 Å². The van der Waals surface area contributed by atoms with Gasteiger partial charge in [0, 0.05) is 34.4 Å². The number of halogens is 4. The Balaban J connectivity index is 1.42. The standard InChI is InChI=1S/C23H20ClF3N4O4S2/c24-15-4-3-14(23(25,26)27)6-16(15)36-11-17(32)29-18-20(33)31-19(22(34)35)13(10-37-21(18)31)9-30-5-1-2-12(7-28)8-30/h1-6,8,18,21H,7,9-11,28H2,(H-,29,32,34,35)/p+1/t18-,21+/m0/s1. The van der Waals surface area contributed by atoms with Crippen LogP contribution in [-0.2, 0) is 33.6 Å². The lowest BCUT2D eigenvalue weighted by Gasteiger charge is -2.49. The van der Waals surface area contributed by atoms with Crippen LogP contribution < -0.4 is 15.6 Å². The number of nitrogens with zero attached hydrogens (tertiary/aromatic N) is 2. The molecule has 1 saturated heterocycles. The van der Waals surface area contributed by atoms with E-state index in [0.29, 0.717) is 17.9 Å². The molecule has 4 rings (SSSR count). The van der Waals surface area contributed by atoms with Crippen LogP contribution >= 0.6 is 35.1 Å². The highest BCUT2D eigenvalue weighted by Crippen LogP contribution is 2.41.